The molecule has 5 aliphatic carbocycles. The Kier molecular flexibility index (Phi) is 9.42. The van der Waals surface area contributed by atoms with E-state index in [4.69, 9.17) is 23.7 Å². The van der Waals surface area contributed by atoms with E-state index in [1.807, 2.05) is 0 Å². The molecule has 0 aromatic rings. The Hall–Kier alpha value is -0.970. The zero-order valence-corrected chi connectivity index (χ0v) is 33.1. The summed E-state index contributed by atoms with van der Waals surface area (Å²) in [6.45, 7) is 15.3. The lowest BCUT2D eigenvalue weighted by Crippen LogP contribution is -2.76. The number of carbonyl (C=O) groups is 1. The molecule has 2 bridgehead atoms. The van der Waals surface area contributed by atoms with E-state index in [2.05, 4.69) is 48.5 Å². The summed E-state index contributed by atoms with van der Waals surface area (Å²) < 4.78 is 31.0. The summed E-state index contributed by atoms with van der Waals surface area (Å²) in [5.41, 5.74) is -2.47. The van der Waals surface area contributed by atoms with Gasteiger partial charge in [0.25, 0.3) is 0 Å². The van der Waals surface area contributed by atoms with Crippen molar-refractivity contribution in [3.05, 3.63) is 0 Å². The summed E-state index contributed by atoms with van der Waals surface area (Å²) in [5, 5.41) is 75.3. The molecule has 54 heavy (non-hydrogen) atoms. The maximum absolute atomic E-state index is 14.0. The number of fused-ring (bicyclic) bond motifs is 4. The maximum Gasteiger partial charge on any atom is 0.313 e. The SMILES string of the molecule is CC1(C)CC[C@@]23CC[C@]4(C)[C@@](OC2=O)([C@@H]3C1)[C@@H](O)C[C@@H]1[C@@]2(C)CC[C@H](O[C@@H]3OC[C@H](O)[C@H](O)[C@H]3O[C@@H]3O[C@H](CO)[C@@H](O)[C@H](O)[C@H]3O)C(C)(C)[C@@H]2CC[C@]14C. The van der Waals surface area contributed by atoms with Crippen molar-refractivity contribution >= 4 is 5.97 Å². The Morgan fingerprint density at radius 1 is 0.741 bits per heavy atom. The maximum atomic E-state index is 14.0. The molecule has 13 nitrogen and oxygen atoms in total. The van der Waals surface area contributed by atoms with Crippen LogP contribution in [0.4, 0.5) is 0 Å². The molecule has 8 rings (SSSR count). The monoisotopic (exact) mass is 766 g/mol. The Bertz CT molecular complexity index is 1470. The van der Waals surface area contributed by atoms with E-state index in [0.29, 0.717) is 12.8 Å². The molecule has 0 aromatic carbocycles. The lowest BCUT2D eigenvalue weighted by molar-refractivity contribution is -0.368. The van der Waals surface area contributed by atoms with Gasteiger partial charge < -0.3 is 59.4 Å². The largest absolute Gasteiger partial charge is 0.455 e. The van der Waals surface area contributed by atoms with Crippen LogP contribution in [0, 0.1) is 50.2 Å². The number of carbonyl (C=O) groups excluding carboxylic acids is 1. The van der Waals surface area contributed by atoms with Crippen molar-refractivity contribution in [2.24, 2.45) is 50.2 Å². The van der Waals surface area contributed by atoms with Crippen LogP contribution < -0.4 is 0 Å². The van der Waals surface area contributed by atoms with Crippen molar-refractivity contribution < 1.29 is 64.2 Å². The van der Waals surface area contributed by atoms with Gasteiger partial charge >= 0.3 is 5.97 Å². The minimum absolute atomic E-state index is 0.00128. The molecule has 5 saturated carbocycles. The van der Waals surface area contributed by atoms with Crippen LogP contribution in [-0.2, 0) is 28.5 Å². The average Bonchev–Trinajstić information content (AvgIpc) is 3.29. The van der Waals surface area contributed by atoms with Crippen LogP contribution >= 0.6 is 0 Å². The van der Waals surface area contributed by atoms with E-state index in [9.17, 15) is 40.5 Å². The van der Waals surface area contributed by atoms with Crippen LogP contribution in [-0.4, -0.2) is 128 Å². The third kappa shape index (κ3) is 5.11. The van der Waals surface area contributed by atoms with E-state index >= 15 is 0 Å². The van der Waals surface area contributed by atoms with E-state index in [1.165, 1.54) is 0 Å². The van der Waals surface area contributed by atoms with Gasteiger partial charge in [0.05, 0.1) is 30.8 Å². The molecule has 7 N–H and O–H groups in total. The highest BCUT2D eigenvalue weighted by Crippen LogP contribution is 2.80. The van der Waals surface area contributed by atoms with Gasteiger partial charge in [-0.1, -0.05) is 48.5 Å². The fourth-order valence-electron chi connectivity index (χ4n) is 14.6. The van der Waals surface area contributed by atoms with Gasteiger partial charge in [-0.15, -0.1) is 0 Å². The van der Waals surface area contributed by atoms with Gasteiger partial charge in [0, 0.05) is 11.3 Å². The fourth-order valence-corrected chi connectivity index (χ4v) is 14.6. The van der Waals surface area contributed by atoms with Crippen LogP contribution in [0.5, 0.6) is 0 Å². The van der Waals surface area contributed by atoms with Gasteiger partial charge in [-0.05, 0) is 97.7 Å². The van der Waals surface area contributed by atoms with Crippen molar-refractivity contribution in [2.75, 3.05) is 13.2 Å². The van der Waals surface area contributed by atoms with Crippen molar-refractivity contribution in [1.29, 1.82) is 0 Å². The standard InChI is InChI=1S/C41H66O13/c1-35(2)12-14-40-15-13-39(7)38(6)11-8-22-36(3,4)26(9-10-37(22,5)23(38)16-25(44)41(39,24(40)17-35)54-34(40)49)52-33-31(27(45)20(43)19-50-33)53-32-30(48)29(47)28(46)21(18-42)51-32/h20-33,42-48H,8-19H2,1-7H3/t20-,21+,22-,23+,24+,25-,26-,27-,28+,29-,30+,31+,32-,33-,37-,38+,39-,40-,41+/m0/s1. The van der Waals surface area contributed by atoms with Crippen LogP contribution in [0.2, 0.25) is 0 Å². The highest BCUT2D eigenvalue weighted by molar-refractivity contribution is 5.82. The molecule has 8 aliphatic rings. The Labute approximate surface area is 319 Å². The molecular formula is C41H66O13. The van der Waals surface area contributed by atoms with Crippen molar-refractivity contribution in [3.63, 3.8) is 0 Å². The Morgan fingerprint density at radius 3 is 2.15 bits per heavy atom. The summed E-state index contributed by atoms with van der Waals surface area (Å²) >= 11 is 0. The molecular weight excluding hydrogens is 700 g/mol. The number of aliphatic hydroxyl groups is 7. The van der Waals surface area contributed by atoms with Crippen LogP contribution in [0.3, 0.4) is 0 Å². The van der Waals surface area contributed by atoms with Crippen molar-refractivity contribution in [3.8, 4) is 0 Å². The van der Waals surface area contributed by atoms with Gasteiger partial charge in [0.2, 0.25) is 0 Å². The Morgan fingerprint density at radius 2 is 1.44 bits per heavy atom. The number of hydrogen-bond acceptors (Lipinski definition) is 13. The van der Waals surface area contributed by atoms with Gasteiger partial charge in [-0.2, -0.15) is 0 Å². The molecule has 19 atom stereocenters. The summed E-state index contributed by atoms with van der Waals surface area (Å²) in [5.74, 6) is 0.283. The number of aliphatic hydroxyl groups excluding tert-OH is 7. The van der Waals surface area contributed by atoms with Crippen molar-refractivity contribution in [2.45, 2.75) is 186 Å². The lowest BCUT2D eigenvalue weighted by atomic mass is 9.30. The van der Waals surface area contributed by atoms with E-state index < -0.39 is 89.9 Å². The summed E-state index contributed by atoms with van der Waals surface area (Å²) in [4.78, 5) is 14.0. The van der Waals surface area contributed by atoms with E-state index in [-0.39, 0.29) is 52.7 Å². The summed E-state index contributed by atoms with van der Waals surface area (Å²) in [6.07, 6.45) is -5.84. The summed E-state index contributed by atoms with van der Waals surface area (Å²) in [6, 6.07) is 0. The minimum Gasteiger partial charge on any atom is -0.455 e. The normalized spacial score (nSPS) is 57.6. The first-order valence-electron chi connectivity index (χ1n) is 20.6. The smallest absolute Gasteiger partial charge is 0.313 e. The second-order valence-electron chi connectivity index (χ2n) is 21.0. The molecule has 0 radical (unpaired) electrons. The second kappa shape index (κ2) is 12.8. The number of esters is 1. The molecule has 308 valence electrons. The quantitative estimate of drug-likeness (QED) is 0.159. The molecule has 8 fully saturated rings. The van der Waals surface area contributed by atoms with E-state index in [1.54, 1.807) is 0 Å². The third-order valence-corrected chi connectivity index (χ3v) is 17.9. The van der Waals surface area contributed by atoms with E-state index in [0.717, 1.165) is 51.4 Å². The molecule has 3 heterocycles. The number of rotatable bonds is 5. The predicted molar refractivity (Wildman–Crippen MR) is 191 cm³/mol. The van der Waals surface area contributed by atoms with Gasteiger partial charge in [0.1, 0.15) is 48.3 Å². The second-order valence-corrected chi connectivity index (χ2v) is 21.0. The molecule has 13 heteroatoms. The van der Waals surface area contributed by atoms with Gasteiger partial charge in [-0.25, -0.2) is 0 Å². The Balaban J connectivity index is 1.05. The fraction of sp³-hybridized carbons (Fsp3) is 0.976. The predicted octanol–water partition coefficient (Wildman–Crippen LogP) is 2.17. The highest BCUT2D eigenvalue weighted by Gasteiger charge is 2.83. The third-order valence-electron chi connectivity index (χ3n) is 17.9. The van der Waals surface area contributed by atoms with Crippen LogP contribution in [0.25, 0.3) is 0 Å². The average molecular weight is 767 g/mol. The molecule has 0 aromatic heterocycles. The topological polar surface area (TPSA) is 205 Å². The molecule has 0 unspecified atom stereocenters. The van der Waals surface area contributed by atoms with Crippen molar-refractivity contribution in [1.82, 2.24) is 0 Å². The van der Waals surface area contributed by atoms with Crippen LogP contribution in [0.15, 0.2) is 0 Å². The highest BCUT2D eigenvalue weighted by atomic mass is 16.8. The van der Waals surface area contributed by atoms with Crippen LogP contribution in [0.1, 0.15) is 113 Å². The minimum atomic E-state index is -1.71. The lowest BCUT2D eigenvalue weighted by Gasteiger charge is -2.74. The van der Waals surface area contributed by atoms with Gasteiger partial charge in [-0.3, -0.25) is 4.79 Å². The zero-order valence-electron chi connectivity index (χ0n) is 33.1. The first kappa shape index (κ1) is 39.8. The molecule has 3 saturated heterocycles. The molecule has 1 spiro atoms. The number of ether oxygens (including phenoxy) is 5. The molecule has 0 amide bonds. The molecule has 3 aliphatic heterocycles. The summed E-state index contributed by atoms with van der Waals surface area (Å²) in [7, 11) is 0. The number of hydrogen-bond donors (Lipinski definition) is 7. The first-order chi connectivity index (χ1) is 25.1. The van der Waals surface area contributed by atoms with Gasteiger partial charge in [0.15, 0.2) is 12.6 Å². The first-order valence-corrected chi connectivity index (χ1v) is 20.6. The zero-order chi connectivity index (χ0) is 39.2.